The van der Waals surface area contributed by atoms with Gasteiger partial charge in [0, 0.05) is 38.1 Å². The summed E-state index contributed by atoms with van der Waals surface area (Å²) in [5.41, 5.74) is 1.10. The molecule has 1 aliphatic rings. The highest BCUT2D eigenvalue weighted by molar-refractivity contribution is 5.90. The number of hydrogen-bond donors (Lipinski definition) is 3. The number of H-pyrrole nitrogens is 1. The molecule has 1 saturated heterocycles. The van der Waals surface area contributed by atoms with Gasteiger partial charge in [-0.2, -0.15) is 15.1 Å². The van der Waals surface area contributed by atoms with E-state index in [0.29, 0.717) is 24.0 Å². The SMILES string of the molecule is C=CC(=O)N1C[C@H](Nc2nc(Nc3cnn(C)c3)nc3[nH]cc(F)c23)C[C@@H]1C. The number of fused-ring (bicyclic) bond motifs is 1. The molecular weight excluding hydrogens is 363 g/mol. The van der Waals surface area contributed by atoms with Crippen molar-refractivity contribution < 1.29 is 9.18 Å². The van der Waals surface area contributed by atoms with E-state index in [9.17, 15) is 9.18 Å². The molecule has 0 aliphatic carbocycles. The van der Waals surface area contributed by atoms with Gasteiger partial charge in [0.15, 0.2) is 5.82 Å². The minimum Gasteiger partial charge on any atom is -0.365 e. The van der Waals surface area contributed by atoms with Crippen LogP contribution in [0.4, 0.5) is 21.8 Å². The smallest absolute Gasteiger partial charge is 0.246 e. The van der Waals surface area contributed by atoms with Gasteiger partial charge in [-0.3, -0.25) is 9.48 Å². The van der Waals surface area contributed by atoms with Crippen LogP contribution in [0.15, 0.2) is 31.2 Å². The molecule has 10 heteroatoms. The Kier molecular flexibility index (Phi) is 4.46. The van der Waals surface area contributed by atoms with E-state index in [0.717, 1.165) is 12.1 Å². The fraction of sp³-hybridized carbons (Fsp3) is 0.333. The zero-order chi connectivity index (χ0) is 19.8. The maximum atomic E-state index is 14.3. The van der Waals surface area contributed by atoms with Gasteiger partial charge in [0.2, 0.25) is 11.9 Å². The van der Waals surface area contributed by atoms with E-state index >= 15 is 0 Å². The molecule has 146 valence electrons. The number of carbonyl (C=O) groups excluding carboxylic acids is 1. The van der Waals surface area contributed by atoms with Gasteiger partial charge in [-0.15, -0.1) is 0 Å². The molecule has 28 heavy (non-hydrogen) atoms. The molecule has 2 atom stereocenters. The van der Waals surface area contributed by atoms with E-state index in [1.54, 1.807) is 29.0 Å². The predicted octanol–water partition coefficient (Wildman–Crippen LogP) is 2.16. The number of aryl methyl sites for hydroxylation is 1. The van der Waals surface area contributed by atoms with E-state index in [4.69, 9.17) is 0 Å². The number of rotatable bonds is 5. The maximum Gasteiger partial charge on any atom is 0.246 e. The summed E-state index contributed by atoms with van der Waals surface area (Å²) in [4.78, 5) is 25.3. The summed E-state index contributed by atoms with van der Waals surface area (Å²) in [7, 11) is 1.81. The predicted molar refractivity (Wildman–Crippen MR) is 104 cm³/mol. The van der Waals surface area contributed by atoms with E-state index in [-0.39, 0.29) is 23.4 Å². The minimum atomic E-state index is -0.435. The van der Waals surface area contributed by atoms with Crippen LogP contribution in [-0.2, 0) is 11.8 Å². The molecule has 0 saturated carbocycles. The van der Waals surface area contributed by atoms with E-state index in [1.165, 1.54) is 12.3 Å². The average Bonchev–Trinajstić information content (AvgIpc) is 3.34. The Morgan fingerprint density at radius 3 is 3.00 bits per heavy atom. The summed E-state index contributed by atoms with van der Waals surface area (Å²) in [5, 5.41) is 10.7. The first kappa shape index (κ1) is 18.0. The topological polar surface area (TPSA) is 104 Å². The first-order chi connectivity index (χ1) is 13.4. The summed E-state index contributed by atoms with van der Waals surface area (Å²) >= 11 is 0. The summed E-state index contributed by atoms with van der Waals surface area (Å²) in [6.45, 7) is 6.02. The van der Waals surface area contributed by atoms with Crippen molar-refractivity contribution in [2.24, 2.45) is 7.05 Å². The van der Waals surface area contributed by atoms with Gasteiger partial charge in [-0.05, 0) is 19.4 Å². The van der Waals surface area contributed by atoms with Gasteiger partial charge < -0.3 is 20.5 Å². The minimum absolute atomic E-state index is 0.0578. The van der Waals surface area contributed by atoms with Crippen LogP contribution >= 0.6 is 0 Å². The summed E-state index contributed by atoms with van der Waals surface area (Å²) in [6.07, 6.45) is 6.72. The molecule has 1 fully saturated rings. The van der Waals surface area contributed by atoms with Gasteiger partial charge in [0.05, 0.1) is 17.3 Å². The van der Waals surface area contributed by atoms with Crippen molar-refractivity contribution in [3.8, 4) is 0 Å². The standard InChI is InChI=1S/C18H21FN8O/c1-4-14(28)27-9-11(5-10(27)2)22-17-15-13(19)7-20-16(15)24-18(25-17)23-12-6-21-26(3)8-12/h4,6-8,10-11H,1,5,9H2,2-3H3,(H3,20,22,23,24,25)/t10-,11+/m0/s1. The van der Waals surface area contributed by atoms with E-state index < -0.39 is 5.82 Å². The summed E-state index contributed by atoms with van der Waals surface area (Å²) in [6, 6.07) is 0.00179. The van der Waals surface area contributed by atoms with Gasteiger partial charge in [0.25, 0.3) is 0 Å². The third kappa shape index (κ3) is 3.28. The van der Waals surface area contributed by atoms with Crippen LogP contribution in [0.25, 0.3) is 11.0 Å². The number of nitrogens with one attached hydrogen (secondary N) is 3. The number of nitrogens with zero attached hydrogens (tertiary/aromatic N) is 5. The second-order valence-electron chi connectivity index (χ2n) is 6.90. The Hall–Kier alpha value is -3.43. The van der Waals surface area contributed by atoms with E-state index in [2.05, 4.69) is 37.3 Å². The van der Waals surface area contributed by atoms with Crippen molar-refractivity contribution in [1.29, 1.82) is 0 Å². The quantitative estimate of drug-likeness (QED) is 0.583. The molecule has 0 unspecified atom stereocenters. The third-order valence-corrected chi connectivity index (χ3v) is 4.82. The Morgan fingerprint density at radius 2 is 2.29 bits per heavy atom. The van der Waals surface area contributed by atoms with Crippen molar-refractivity contribution in [2.45, 2.75) is 25.4 Å². The molecule has 0 bridgehead atoms. The Labute approximate surface area is 160 Å². The second-order valence-corrected chi connectivity index (χ2v) is 6.90. The molecule has 0 aromatic carbocycles. The van der Waals surface area contributed by atoms with Crippen LogP contribution in [0.5, 0.6) is 0 Å². The van der Waals surface area contributed by atoms with Crippen molar-refractivity contribution in [1.82, 2.24) is 29.6 Å². The molecule has 9 nitrogen and oxygen atoms in total. The van der Waals surface area contributed by atoms with Gasteiger partial charge >= 0.3 is 0 Å². The Balaban J connectivity index is 1.63. The molecule has 4 rings (SSSR count). The normalized spacial score (nSPS) is 19.2. The van der Waals surface area contributed by atoms with Gasteiger partial charge in [0.1, 0.15) is 11.5 Å². The lowest BCUT2D eigenvalue weighted by Gasteiger charge is -2.19. The number of amides is 1. The molecule has 4 heterocycles. The van der Waals surface area contributed by atoms with Crippen LogP contribution in [0.1, 0.15) is 13.3 Å². The monoisotopic (exact) mass is 384 g/mol. The molecule has 0 radical (unpaired) electrons. The number of likely N-dealkylation sites (tertiary alicyclic amines) is 1. The highest BCUT2D eigenvalue weighted by atomic mass is 19.1. The second kappa shape index (κ2) is 6.95. The number of carbonyl (C=O) groups is 1. The molecule has 1 aliphatic heterocycles. The maximum absolute atomic E-state index is 14.3. The lowest BCUT2D eigenvalue weighted by molar-refractivity contribution is -0.126. The third-order valence-electron chi connectivity index (χ3n) is 4.82. The molecule has 0 spiro atoms. The Bertz CT molecular complexity index is 1040. The van der Waals surface area contributed by atoms with Crippen molar-refractivity contribution >= 4 is 34.4 Å². The first-order valence-electron chi connectivity index (χ1n) is 8.94. The fourth-order valence-corrected chi connectivity index (χ4v) is 3.52. The lowest BCUT2D eigenvalue weighted by atomic mass is 10.2. The van der Waals surface area contributed by atoms with Crippen LogP contribution in [-0.4, -0.2) is 54.2 Å². The van der Waals surface area contributed by atoms with Crippen LogP contribution in [0.2, 0.25) is 0 Å². The van der Waals surface area contributed by atoms with E-state index in [1.807, 2.05) is 6.92 Å². The van der Waals surface area contributed by atoms with Crippen molar-refractivity contribution in [3.05, 3.63) is 37.1 Å². The van der Waals surface area contributed by atoms with Crippen LogP contribution in [0.3, 0.4) is 0 Å². The highest BCUT2D eigenvalue weighted by Gasteiger charge is 2.32. The summed E-state index contributed by atoms with van der Waals surface area (Å²) < 4.78 is 16.0. The number of hydrogen-bond acceptors (Lipinski definition) is 6. The van der Waals surface area contributed by atoms with Crippen LogP contribution in [0, 0.1) is 5.82 Å². The van der Waals surface area contributed by atoms with Crippen molar-refractivity contribution in [2.75, 3.05) is 17.2 Å². The molecule has 3 aromatic heterocycles. The first-order valence-corrected chi connectivity index (χ1v) is 8.94. The van der Waals surface area contributed by atoms with Gasteiger partial charge in [-0.25, -0.2) is 4.39 Å². The number of halogens is 1. The van der Waals surface area contributed by atoms with Crippen LogP contribution < -0.4 is 10.6 Å². The number of anilines is 3. The largest absolute Gasteiger partial charge is 0.365 e. The fourth-order valence-electron chi connectivity index (χ4n) is 3.52. The molecule has 3 N–H and O–H groups in total. The Morgan fingerprint density at radius 1 is 1.46 bits per heavy atom. The summed E-state index contributed by atoms with van der Waals surface area (Å²) in [5.74, 6) is 0.141. The lowest BCUT2D eigenvalue weighted by Crippen LogP contribution is -2.33. The molecule has 1 amide bonds. The van der Waals surface area contributed by atoms with Gasteiger partial charge in [-0.1, -0.05) is 6.58 Å². The van der Waals surface area contributed by atoms with Crippen molar-refractivity contribution in [3.63, 3.8) is 0 Å². The molecular formula is C18H21FN8O. The average molecular weight is 384 g/mol. The zero-order valence-electron chi connectivity index (χ0n) is 15.6. The molecule has 3 aromatic rings. The zero-order valence-corrected chi connectivity index (χ0v) is 15.6. The highest BCUT2D eigenvalue weighted by Crippen LogP contribution is 2.28. The number of aromatic amines is 1. The number of aromatic nitrogens is 5.